The summed E-state index contributed by atoms with van der Waals surface area (Å²) in [5.74, 6) is -0.471. The molecule has 2 heterocycles. The molecule has 1 aromatic carbocycles. The summed E-state index contributed by atoms with van der Waals surface area (Å²) in [5.41, 5.74) is 7.22. The number of hydrogen-bond acceptors (Lipinski definition) is 6. The Labute approximate surface area is 141 Å². The molecule has 3 N–H and O–H groups in total. The van der Waals surface area contributed by atoms with Crippen molar-refractivity contribution in [3.8, 4) is 5.75 Å². The van der Waals surface area contributed by atoms with Gasteiger partial charge in [-0.25, -0.2) is 9.97 Å². The van der Waals surface area contributed by atoms with Crippen molar-refractivity contribution in [1.29, 1.82) is 0 Å². The Kier molecular flexibility index (Phi) is 4.13. The number of primary amides is 1. The number of fused-ring (bicyclic) bond motifs is 1. The Hall–Kier alpha value is -3.00. The number of ether oxygens (including phenoxy) is 1. The van der Waals surface area contributed by atoms with E-state index in [1.165, 1.54) is 7.11 Å². The average molecular weight is 342 g/mol. The van der Waals surface area contributed by atoms with Gasteiger partial charge in [0.15, 0.2) is 0 Å². The third kappa shape index (κ3) is 2.91. The van der Waals surface area contributed by atoms with Crippen LogP contribution < -0.4 is 15.8 Å². The average Bonchev–Trinajstić information content (AvgIpc) is 2.93. The fourth-order valence-electron chi connectivity index (χ4n) is 2.20. The summed E-state index contributed by atoms with van der Waals surface area (Å²) in [6, 6.07) is 6.69. The molecular formula is C16H14N4O3S. The van der Waals surface area contributed by atoms with Gasteiger partial charge in [-0.05, 0) is 25.1 Å². The van der Waals surface area contributed by atoms with Crippen LogP contribution in [0.1, 0.15) is 25.7 Å². The number of benzene rings is 1. The maximum Gasteiger partial charge on any atom is 0.261 e. The number of rotatable bonds is 4. The van der Waals surface area contributed by atoms with Crippen LogP contribution >= 0.6 is 11.3 Å². The van der Waals surface area contributed by atoms with E-state index in [2.05, 4.69) is 15.3 Å². The third-order valence-corrected chi connectivity index (χ3v) is 4.42. The van der Waals surface area contributed by atoms with Gasteiger partial charge < -0.3 is 15.8 Å². The molecule has 2 amide bonds. The topological polar surface area (TPSA) is 107 Å². The second-order valence-corrected chi connectivity index (χ2v) is 6.02. The normalized spacial score (nSPS) is 10.6. The first kappa shape index (κ1) is 15.9. The zero-order valence-electron chi connectivity index (χ0n) is 13.0. The first-order valence-electron chi connectivity index (χ1n) is 7.01. The molecule has 0 aliphatic rings. The number of nitrogens with one attached hydrogen (secondary N) is 1. The number of carbonyl (C=O) groups excluding carboxylic acids is 2. The molecule has 0 aliphatic heterocycles. The van der Waals surface area contributed by atoms with Gasteiger partial charge in [-0.15, -0.1) is 11.3 Å². The minimum absolute atomic E-state index is 0.215. The lowest BCUT2D eigenvalue weighted by atomic mass is 10.2. The molecule has 0 saturated carbocycles. The Bertz CT molecular complexity index is 952. The molecule has 0 fully saturated rings. The lowest BCUT2D eigenvalue weighted by molar-refractivity contribution is 0.100. The second kappa shape index (κ2) is 6.25. The Balaban J connectivity index is 2.04. The van der Waals surface area contributed by atoms with Crippen molar-refractivity contribution in [2.75, 3.05) is 12.4 Å². The molecule has 0 bridgehead atoms. The highest BCUT2D eigenvalue weighted by Gasteiger charge is 2.21. The molecule has 0 saturated heterocycles. The molecule has 0 atom stereocenters. The molecule has 3 rings (SSSR count). The predicted molar refractivity (Wildman–Crippen MR) is 91.6 cm³/mol. The Morgan fingerprint density at radius 3 is 2.83 bits per heavy atom. The zero-order chi connectivity index (χ0) is 17.3. The number of amides is 2. The van der Waals surface area contributed by atoms with Crippen molar-refractivity contribution < 1.29 is 14.3 Å². The van der Waals surface area contributed by atoms with E-state index in [4.69, 9.17) is 10.5 Å². The molecule has 2 aromatic heterocycles. The van der Waals surface area contributed by atoms with Crippen molar-refractivity contribution >= 4 is 39.2 Å². The molecule has 3 aromatic rings. The standard InChI is InChI=1S/C16H14N4O3S/c1-8-7-18-16-12(19-8)11(13(24-16)14(17)21)20-15(22)9-4-3-5-10(6-9)23-2/h3-7H,1-2H3,(H2,17,21)(H,20,22). The smallest absolute Gasteiger partial charge is 0.261 e. The molecule has 122 valence electrons. The maximum absolute atomic E-state index is 12.5. The van der Waals surface area contributed by atoms with Crippen LogP contribution in [0.25, 0.3) is 10.3 Å². The molecule has 0 radical (unpaired) electrons. The van der Waals surface area contributed by atoms with Crippen molar-refractivity contribution in [3.05, 3.63) is 46.6 Å². The molecular weight excluding hydrogens is 328 g/mol. The summed E-state index contributed by atoms with van der Waals surface area (Å²) < 4.78 is 5.11. The van der Waals surface area contributed by atoms with E-state index in [1.807, 2.05) is 0 Å². The quantitative estimate of drug-likeness (QED) is 0.757. The highest BCUT2D eigenvalue weighted by atomic mass is 32.1. The first-order chi connectivity index (χ1) is 11.5. The summed E-state index contributed by atoms with van der Waals surface area (Å²) in [5, 5.41) is 2.72. The van der Waals surface area contributed by atoms with Gasteiger partial charge in [0.2, 0.25) is 0 Å². The minimum atomic E-state index is -0.640. The van der Waals surface area contributed by atoms with Gasteiger partial charge in [0, 0.05) is 11.8 Å². The van der Waals surface area contributed by atoms with Gasteiger partial charge in [-0.3, -0.25) is 9.59 Å². The van der Waals surface area contributed by atoms with Crippen LogP contribution in [0.5, 0.6) is 5.75 Å². The van der Waals surface area contributed by atoms with E-state index < -0.39 is 5.91 Å². The molecule has 8 heteroatoms. The van der Waals surface area contributed by atoms with Crippen LogP contribution in [0.3, 0.4) is 0 Å². The van der Waals surface area contributed by atoms with Crippen LogP contribution in [-0.4, -0.2) is 28.9 Å². The summed E-state index contributed by atoms with van der Waals surface area (Å²) in [4.78, 5) is 33.6. The van der Waals surface area contributed by atoms with Crippen LogP contribution in [-0.2, 0) is 0 Å². The van der Waals surface area contributed by atoms with E-state index in [0.29, 0.717) is 27.4 Å². The van der Waals surface area contributed by atoms with Gasteiger partial charge in [0.1, 0.15) is 21.0 Å². The molecule has 0 unspecified atom stereocenters. The summed E-state index contributed by atoms with van der Waals surface area (Å²) in [6.45, 7) is 1.78. The SMILES string of the molecule is COc1cccc(C(=O)Nc2c(C(N)=O)sc3ncc(C)nc23)c1. The maximum atomic E-state index is 12.5. The van der Waals surface area contributed by atoms with Crippen LogP contribution in [0.4, 0.5) is 5.69 Å². The molecule has 24 heavy (non-hydrogen) atoms. The monoisotopic (exact) mass is 342 g/mol. The number of anilines is 1. The number of nitrogens with zero attached hydrogens (tertiary/aromatic N) is 2. The highest BCUT2D eigenvalue weighted by molar-refractivity contribution is 7.21. The van der Waals surface area contributed by atoms with E-state index in [-0.39, 0.29) is 16.5 Å². The second-order valence-electron chi connectivity index (χ2n) is 5.02. The predicted octanol–water partition coefficient (Wildman–Crippen LogP) is 2.36. The zero-order valence-corrected chi connectivity index (χ0v) is 13.8. The number of aromatic nitrogens is 2. The Morgan fingerprint density at radius 2 is 2.12 bits per heavy atom. The largest absolute Gasteiger partial charge is 0.497 e. The lowest BCUT2D eigenvalue weighted by Crippen LogP contribution is -2.16. The number of methoxy groups -OCH3 is 1. The van der Waals surface area contributed by atoms with Crippen molar-refractivity contribution in [2.24, 2.45) is 5.73 Å². The van der Waals surface area contributed by atoms with Crippen molar-refractivity contribution in [2.45, 2.75) is 6.92 Å². The fraction of sp³-hybridized carbons (Fsp3) is 0.125. The summed E-state index contributed by atoms with van der Waals surface area (Å²) in [6.07, 6.45) is 1.59. The lowest BCUT2D eigenvalue weighted by Gasteiger charge is -2.07. The van der Waals surface area contributed by atoms with Crippen LogP contribution in [0, 0.1) is 6.92 Å². The van der Waals surface area contributed by atoms with Gasteiger partial charge in [-0.2, -0.15) is 0 Å². The third-order valence-electron chi connectivity index (χ3n) is 3.32. The Morgan fingerprint density at radius 1 is 1.33 bits per heavy atom. The van der Waals surface area contributed by atoms with E-state index in [0.717, 1.165) is 11.3 Å². The number of aryl methyl sites for hydroxylation is 1. The van der Waals surface area contributed by atoms with Gasteiger partial charge in [0.25, 0.3) is 11.8 Å². The van der Waals surface area contributed by atoms with E-state index >= 15 is 0 Å². The number of nitrogens with two attached hydrogens (primary N) is 1. The first-order valence-corrected chi connectivity index (χ1v) is 7.82. The van der Waals surface area contributed by atoms with Gasteiger partial charge >= 0.3 is 0 Å². The van der Waals surface area contributed by atoms with Crippen LogP contribution in [0.15, 0.2) is 30.5 Å². The van der Waals surface area contributed by atoms with Gasteiger partial charge in [-0.1, -0.05) is 6.07 Å². The number of thiophene rings is 1. The van der Waals surface area contributed by atoms with Crippen molar-refractivity contribution in [1.82, 2.24) is 9.97 Å². The molecule has 0 spiro atoms. The highest BCUT2D eigenvalue weighted by Crippen LogP contribution is 2.33. The van der Waals surface area contributed by atoms with Crippen LogP contribution in [0.2, 0.25) is 0 Å². The minimum Gasteiger partial charge on any atom is -0.497 e. The summed E-state index contributed by atoms with van der Waals surface area (Å²) >= 11 is 1.10. The molecule has 7 nitrogen and oxygen atoms in total. The fourth-order valence-corrected chi connectivity index (χ4v) is 3.09. The molecule has 0 aliphatic carbocycles. The van der Waals surface area contributed by atoms with E-state index in [1.54, 1.807) is 37.4 Å². The summed E-state index contributed by atoms with van der Waals surface area (Å²) in [7, 11) is 1.52. The van der Waals surface area contributed by atoms with Crippen molar-refractivity contribution in [3.63, 3.8) is 0 Å². The van der Waals surface area contributed by atoms with E-state index in [9.17, 15) is 9.59 Å². The number of hydrogen-bond donors (Lipinski definition) is 2. The van der Waals surface area contributed by atoms with Gasteiger partial charge in [0.05, 0.1) is 18.5 Å². The number of carbonyl (C=O) groups is 2.